The van der Waals surface area contributed by atoms with E-state index in [-0.39, 0.29) is 6.04 Å². The van der Waals surface area contributed by atoms with Gasteiger partial charge in [-0.15, -0.1) is 11.3 Å². The molecule has 0 saturated carbocycles. The lowest BCUT2D eigenvalue weighted by atomic mass is 10.2. The molecule has 18 heavy (non-hydrogen) atoms. The number of hydrogen-bond acceptors (Lipinski definition) is 3. The number of fused-ring (bicyclic) bond motifs is 1. The van der Waals surface area contributed by atoms with Gasteiger partial charge in [0.15, 0.2) is 0 Å². The van der Waals surface area contributed by atoms with Gasteiger partial charge in [-0.25, -0.2) is 4.98 Å². The molecule has 0 saturated heterocycles. The van der Waals surface area contributed by atoms with Crippen molar-refractivity contribution in [3.8, 4) is 10.6 Å². The highest BCUT2D eigenvalue weighted by molar-refractivity contribution is 7.13. The van der Waals surface area contributed by atoms with Gasteiger partial charge in [0.1, 0.15) is 5.01 Å². The van der Waals surface area contributed by atoms with Gasteiger partial charge in [-0.3, -0.25) is 0 Å². The van der Waals surface area contributed by atoms with Crippen molar-refractivity contribution in [1.82, 2.24) is 9.97 Å². The lowest BCUT2D eigenvalue weighted by Gasteiger charge is -1.99. The summed E-state index contributed by atoms with van der Waals surface area (Å²) in [5.41, 5.74) is 9.20. The molecule has 3 rings (SSSR count). The fraction of sp³-hybridized carbons (Fsp3) is 0.214. The zero-order valence-electron chi connectivity index (χ0n) is 10.2. The highest BCUT2D eigenvalue weighted by Crippen LogP contribution is 2.30. The summed E-state index contributed by atoms with van der Waals surface area (Å²) in [6.45, 7) is 2.00. The Morgan fingerprint density at radius 2 is 2.22 bits per heavy atom. The average Bonchev–Trinajstić information content (AvgIpc) is 2.94. The number of aromatic nitrogens is 2. The number of rotatable bonds is 3. The van der Waals surface area contributed by atoms with Gasteiger partial charge in [0.2, 0.25) is 0 Å². The second kappa shape index (κ2) is 4.55. The number of para-hydroxylation sites is 1. The molecule has 92 valence electrons. The molecule has 3 nitrogen and oxygen atoms in total. The molecule has 2 aromatic heterocycles. The molecule has 2 heterocycles. The van der Waals surface area contributed by atoms with Crippen LogP contribution in [0, 0.1) is 0 Å². The van der Waals surface area contributed by atoms with E-state index in [1.807, 2.05) is 19.2 Å². The number of nitrogens with two attached hydrogens (primary N) is 1. The number of benzene rings is 1. The quantitative estimate of drug-likeness (QED) is 0.757. The zero-order valence-corrected chi connectivity index (χ0v) is 11.0. The molecule has 3 N–H and O–H groups in total. The second-order valence-electron chi connectivity index (χ2n) is 4.57. The number of H-pyrrole nitrogens is 1. The van der Waals surface area contributed by atoms with Crippen LogP contribution in [-0.4, -0.2) is 16.0 Å². The molecule has 0 amide bonds. The van der Waals surface area contributed by atoms with Crippen molar-refractivity contribution in [2.75, 3.05) is 0 Å². The Morgan fingerprint density at radius 3 is 3.06 bits per heavy atom. The number of hydrogen-bond donors (Lipinski definition) is 2. The molecule has 0 aliphatic carbocycles. The van der Waals surface area contributed by atoms with E-state index in [2.05, 4.69) is 33.5 Å². The molecule has 1 atom stereocenters. The van der Waals surface area contributed by atoms with Crippen molar-refractivity contribution in [1.29, 1.82) is 0 Å². The van der Waals surface area contributed by atoms with Crippen LogP contribution in [0.5, 0.6) is 0 Å². The predicted molar refractivity (Wildman–Crippen MR) is 76.8 cm³/mol. The third-order valence-corrected chi connectivity index (χ3v) is 3.83. The van der Waals surface area contributed by atoms with E-state index in [1.54, 1.807) is 11.3 Å². The Kier molecular flexibility index (Phi) is 2.89. The van der Waals surface area contributed by atoms with Crippen LogP contribution in [0.15, 0.2) is 35.8 Å². The summed E-state index contributed by atoms with van der Waals surface area (Å²) in [6.07, 6.45) is 2.86. The highest BCUT2D eigenvalue weighted by atomic mass is 32.1. The van der Waals surface area contributed by atoms with Gasteiger partial charge in [-0.1, -0.05) is 18.2 Å². The van der Waals surface area contributed by atoms with Crippen molar-refractivity contribution in [2.45, 2.75) is 19.4 Å². The molecule has 1 unspecified atom stereocenters. The maximum Gasteiger partial charge on any atom is 0.125 e. The van der Waals surface area contributed by atoms with Gasteiger partial charge in [0.05, 0.1) is 5.69 Å². The molecule has 0 aliphatic rings. The second-order valence-corrected chi connectivity index (χ2v) is 5.43. The summed E-state index contributed by atoms with van der Waals surface area (Å²) in [5, 5.41) is 4.38. The highest BCUT2D eigenvalue weighted by Gasteiger charge is 2.10. The molecular formula is C14H15N3S. The minimum absolute atomic E-state index is 0.155. The Balaban J connectivity index is 2.01. The Hall–Kier alpha value is -1.65. The van der Waals surface area contributed by atoms with E-state index in [4.69, 9.17) is 5.73 Å². The van der Waals surface area contributed by atoms with Crippen molar-refractivity contribution < 1.29 is 0 Å². The van der Waals surface area contributed by atoms with Gasteiger partial charge >= 0.3 is 0 Å². The number of aromatic amines is 1. The van der Waals surface area contributed by atoms with E-state index in [0.717, 1.165) is 22.6 Å². The third-order valence-electron chi connectivity index (χ3n) is 2.90. The summed E-state index contributed by atoms with van der Waals surface area (Å²) in [7, 11) is 0. The molecule has 0 bridgehead atoms. The van der Waals surface area contributed by atoms with Crippen LogP contribution in [-0.2, 0) is 6.42 Å². The monoisotopic (exact) mass is 257 g/mol. The normalized spacial score (nSPS) is 13.0. The first-order valence-electron chi connectivity index (χ1n) is 6.00. The third kappa shape index (κ3) is 2.05. The first-order valence-corrected chi connectivity index (χ1v) is 6.88. The summed E-state index contributed by atoms with van der Waals surface area (Å²) >= 11 is 1.68. The predicted octanol–water partition coefficient (Wildman–Crippen LogP) is 3.18. The van der Waals surface area contributed by atoms with Crippen LogP contribution < -0.4 is 5.73 Å². The lowest BCUT2D eigenvalue weighted by molar-refractivity contribution is 0.726. The van der Waals surface area contributed by atoms with Crippen molar-refractivity contribution >= 4 is 22.2 Å². The maximum absolute atomic E-state index is 5.80. The summed E-state index contributed by atoms with van der Waals surface area (Å²) in [5.74, 6) is 0. The molecule has 0 radical (unpaired) electrons. The average molecular weight is 257 g/mol. The molecule has 0 fully saturated rings. The Morgan fingerprint density at radius 1 is 1.39 bits per heavy atom. The molecule has 1 aromatic carbocycles. The molecule has 0 spiro atoms. The summed E-state index contributed by atoms with van der Waals surface area (Å²) in [4.78, 5) is 7.94. The van der Waals surface area contributed by atoms with Gasteiger partial charge in [-0.2, -0.15) is 0 Å². The molecular weight excluding hydrogens is 242 g/mol. The smallest absolute Gasteiger partial charge is 0.125 e. The topological polar surface area (TPSA) is 54.7 Å². The van der Waals surface area contributed by atoms with Gasteiger partial charge in [-0.05, 0) is 13.0 Å². The summed E-state index contributed by atoms with van der Waals surface area (Å²) < 4.78 is 0. The molecule has 0 aliphatic heterocycles. The standard InChI is InChI=1S/C14H15N3S/c1-9(15)6-10-8-18-14(17-10)12-7-16-13-5-3-2-4-11(12)13/h2-5,7-9,16H,6,15H2,1H3. The largest absolute Gasteiger partial charge is 0.360 e. The Bertz CT molecular complexity index is 666. The van der Waals surface area contributed by atoms with Crippen LogP contribution in [0.1, 0.15) is 12.6 Å². The van der Waals surface area contributed by atoms with Crippen LogP contribution in [0.3, 0.4) is 0 Å². The van der Waals surface area contributed by atoms with E-state index in [0.29, 0.717) is 0 Å². The Labute approximate surface area is 110 Å². The fourth-order valence-electron chi connectivity index (χ4n) is 2.10. The van der Waals surface area contributed by atoms with Gasteiger partial charge in [0, 0.05) is 40.5 Å². The fourth-order valence-corrected chi connectivity index (χ4v) is 2.97. The van der Waals surface area contributed by atoms with Crippen molar-refractivity contribution in [2.24, 2.45) is 5.73 Å². The van der Waals surface area contributed by atoms with E-state index in [9.17, 15) is 0 Å². The molecule has 4 heteroatoms. The van der Waals surface area contributed by atoms with Crippen LogP contribution in [0.4, 0.5) is 0 Å². The van der Waals surface area contributed by atoms with Gasteiger partial charge in [0.25, 0.3) is 0 Å². The minimum atomic E-state index is 0.155. The number of nitrogens with zero attached hydrogens (tertiary/aromatic N) is 1. The van der Waals surface area contributed by atoms with Crippen LogP contribution in [0.2, 0.25) is 0 Å². The van der Waals surface area contributed by atoms with Crippen LogP contribution in [0.25, 0.3) is 21.5 Å². The zero-order chi connectivity index (χ0) is 12.5. The van der Waals surface area contributed by atoms with Crippen molar-refractivity contribution in [3.05, 3.63) is 41.5 Å². The van der Waals surface area contributed by atoms with Crippen LogP contribution >= 0.6 is 11.3 Å². The van der Waals surface area contributed by atoms with E-state index in [1.165, 1.54) is 10.9 Å². The number of thiazole rings is 1. The number of nitrogens with one attached hydrogen (secondary N) is 1. The first-order chi connectivity index (χ1) is 8.74. The first kappa shape index (κ1) is 11.4. The van der Waals surface area contributed by atoms with E-state index < -0.39 is 0 Å². The molecule has 3 aromatic rings. The summed E-state index contributed by atoms with van der Waals surface area (Å²) in [6, 6.07) is 8.44. The SMILES string of the molecule is CC(N)Cc1csc(-c2c[nH]c3ccccc23)n1. The van der Waals surface area contributed by atoms with Crippen molar-refractivity contribution in [3.63, 3.8) is 0 Å². The van der Waals surface area contributed by atoms with Gasteiger partial charge < -0.3 is 10.7 Å². The lowest BCUT2D eigenvalue weighted by Crippen LogP contribution is -2.17. The van der Waals surface area contributed by atoms with E-state index >= 15 is 0 Å². The maximum atomic E-state index is 5.80. The minimum Gasteiger partial charge on any atom is -0.360 e.